The Morgan fingerprint density at radius 2 is 1.94 bits per heavy atom. The fourth-order valence-electron chi connectivity index (χ4n) is 1.51. The number of benzene rings is 2. The summed E-state index contributed by atoms with van der Waals surface area (Å²) in [5.74, 6) is 0.840. The second kappa shape index (κ2) is 5.73. The highest BCUT2D eigenvalue weighted by Crippen LogP contribution is 2.23. The van der Waals surface area contributed by atoms with E-state index in [0.717, 1.165) is 15.9 Å². The minimum absolute atomic E-state index is 0.450. The molecular formula is C14H14BrNO. The summed E-state index contributed by atoms with van der Waals surface area (Å²) in [6.07, 6.45) is 0. The Hall–Kier alpha value is -1.48. The normalized spacial score (nSPS) is 10.0. The molecular weight excluding hydrogens is 278 g/mol. The molecule has 0 atom stereocenters. The molecule has 2 nitrogen and oxygen atoms in total. The number of hydrogen-bond donors (Lipinski definition) is 1. The third-order valence-electron chi connectivity index (χ3n) is 2.36. The highest BCUT2D eigenvalue weighted by atomic mass is 79.9. The summed E-state index contributed by atoms with van der Waals surface area (Å²) < 4.78 is 6.59. The van der Waals surface area contributed by atoms with Gasteiger partial charge in [-0.05, 0) is 52.7 Å². The summed E-state index contributed by atoms with van der Waals surface area (Å²) in [4.78, 5) is 0. The van der Waals surface area contributed by atoms with Gasteiger partial charge in [-0.1, -0.05) is 24.3 Å². The van der Waals surface area contributed by atoms with E-state index >= 15 is 0 Å². The minimum atomic E-state index is 0.450. The largest absolute Gasteiger partial charge is 0.472 e. The molecule has 2 aromatic rings. The molecule has 88 valence electrons. The van der Waals surface area contributed by atoms with Crippen molar-refractivity contribution >= 4 is 21.6 Å². The van der Waals surface area contributed by atoms with Gasteiger partial charge in [-0.25, -0.2) is 0 Å². The average molecular weight is 292 g/mol. The van der Waals surface area contributed by atoms with E-state index in [0.29, 0.717) is 6.73 Å². The Morgan fingerprint density at radius 1 is 1.12 bits per heavy atom. The van der Waals surface area contributed by atoms with Gasteiger partial charge in [0, 0.05) is 5.69 Å². The zero-order valence-electron chi connectivity index (χ0n) is 9.61. The molecule has 0 saturated heterocycles. The Morgan fingerprint density at radius 3 is 2.71 bits per heavy atom. The molecule has 0 aliphatic heterocycles. The summed E-state index contributed by atoms with van der Waals surface area (Å²) in [6, 6.07) is 16.0. The van der Waals surface area contributed by atoms with E-state index < -0.39 is 0 Å². The molecule has 17 heavy (non-hydrogen) atoms. The van der Waals surface area contributed by atoms with Crippen molar-refractivity contribution in [1.82, 2.24) is 0 Å². The lowest BCUT2D eigenvalue weighted by molar-refractivity contribution is 0.344. The van der Waals surface area contributed by atoms with Gasteiger partial charge in [-0.3, -0.25) is 0 Å². The van der Waals surface area contributed by atoms with Gasteiger partial charge >= 0.3 is 0 Å². The topological polar surface area (TPSA) is 21.3 Å². The molecule has 0 saturated carbocycles. The number of anilines is 1. The van der Waals surface area contributed by atoms with E-state index in [2.05, 4.69) is 40.3 Å². The molecule has 3 heteroatoms. The zero-order chi connectivity index (χ0) is 12.1. The standard InChI is InChI=1S/C14H14BrNO/c1-11-5-4-6-12(9-11)16-10-17-14-8-3-2-7-13(14)15/h2-9,16H,10H2,1H3. The number of aryl methyl sites for hydroxylation is 1. The third kappa shape index (κ3) is 3.49. The maximum atomic E-state index is 5.62. The van der Waals surface area contributed by atoms with Gasteiger partial charge in [-0.15, -0.1) is 0 Å². The highest BCUT2D eigenvalue weighted by Gasteiger charge is 1.98. The van der Waals surface area contributed by atoms with Crippen LogP contribution >= 0.6 is 15.9 Å². The van der Waals surface area contributed by atoms with Gasteiger partial charge in [0.2, 0.25) is 0 Å². The first kappa shape index (κ1) is 12.0. The first-order valence-corrected chi connectivity index (χ1v) is 6.23. The lowest BCUT2D eigenvalue weighted by Crippen LogP contribution is -2.09. The molecule has 0 heterocycles. The van der Waals surface area contributed by atoms with Gasteiger partial charge in [0.05, 0.1) is 4.47 Å². The Balaban J connectivity index is 1.90. The van der Waals surface area contributed by atoms with Crippen LogP contribution in [0.4, 0.5) is 5.69 Å². The molecule has 0 unspecified atom stereocenters. The third-order valence-corrected chi connectivity index (χ3v) is 3.01. The van der Waals surface area contributed by atoms with Gasteiger partial charge in [0.25, 0.3) is 0 Å². The molecule has 0 aliphatic carbocycles. The maximum Gasteiger partial charge on any atom is 0.159 e. The van der Waals surface area contributed by atoms with Gasteiger partial charge in [0.1, 0.15) is 5.75 Å². The van der Waals surface area contributed by atoms with Crippen LogP contribution in [0.25, 0.3) is 0 Å². The van der Waals surface area contributed by atoms with Crippen molar-refractivity contribution in [2.45, 2.75) is 6.92 Å². The molecule has 0 fully saturated rings. The molecule has 0 radical (unpaired) electrons. The van der Waals surface area contributed by atoms with Crippen molar-refractivity contribution < 1.29 is 4.74 Å². The summed E-state index contributed by atoms with van der Waals surface area (Å²) >= 11 is 3.44. The van der Waals surface area contributed by atoms with Crippen LogP contribution < -0.4 is 10.1 Å². The first-order chi connectivity index (χ1) is 8.25. The maximum absolute atomic E-state index is 5.62. The fraction of sp³-hybridized carbons (Fsp3) is 0.143. The second-order valence-corrected chi connectivity index (χ2v) is 4.62. The van der Waals surface area contributed by atoms with E-state index in [1.54, 1.807) is 0 Å². The number of rotatable bonds is 4. The van der Waals surface area contributed by atoms with E-state index in [1.165, 1.54) is 5.56 Å². The molecule has 2 aromatic carbocycles. The predicted octanol–water partition coefficient (Wildman–Crippen LogP) is 4.21. The molecule has 2 rings (SSSR count). The van der Waals surface area contributed by atoms with E-state index in [9.17, 15) is 0 Å². The molecule has 0 bridgehead atoms. The Bertz CT molecular complexity index is 499. The average Bonchev–Trinajstić information content (AvgIpc) is 2.32. The van der Waals surface area contributed by atoms with Crippen molar-refractivity contribution in [3.05, 3.63) is 58.6 Å². The first-order valence-electron chi connectivity index (χ1n) is 5.43. The van der Waals surface area contributed by atoms with Crippen molar-refractivity contribution in [1.29, 1.82) is 0 Å². The SMILES string of the molecule is Cc1cccc(NCOc2ccccc2Br)c1. The number of para-hydroxylation sites is 1. The van der Waals surface area contributed by atoms with Crippen LogP contribution in [0.3, 0.4) is 0 Å². The lowest BCUT2D eigenvalue weighted by Gasteiger charge is -2.10. The Kier molecular flexibility index (Phi) is 4.04. The van der Waals surface area contributed by atoms with Gasteiger partial charge < -0.3 is 10.1 Å². The molecule has 0 spiro atoms. The minimum Gasteiger partial charge on any atom is -0.472 e. The lowest BCUT2D eigenvalue weighted by atomic mass is 10.2. The van der Waals surface area contributed by atoms with E-state index in [-0.39, 0.29) is 0 Å². The van der Waals surface area contributed by atoms with Crippen molar-refractivity contribution in [2.24, 2.45) is 0 Å². The zero-order valence-corrected chi connectivity index (χ0v) is 11.2. The van der Waals surface area contributed by atoms with Crippen LogP contribution in [0.5, 0.6) is 5.75 Å². The smallest absolute Gasteiger partial charge is 0.159 e. The van der Waals surface area contributed by atoms with Gasteiger partial charge in [0.15, 0.2) is 6.73 Å². The monoisotopic (exact) mass is 291 g/mol. The predicted molar refractivity (Wildman–Crippen MR) is 74.4 cm³/mol. The molecule has 0 aromatic heterocycles. The highest BCUT2D eigenvalue weighted by molar-refractivity contribution is 9.10. The summed E-state index contributed by atoms with van der Waals surface area (Å²) in [7, 11) is 0. The van der Waals surface area contributed by atoms with Crippen LogP contribution in [0.2, 0.25) is 0 Å². The van der Waals surface area contributed by atoms with E-state index in [1.807, 2.05) is 36.4 Å². The summed E-state index contributed by atoms with van der Waals surface area (Å²) in [5.41, 5.74) is 2.30. The van der Waals surface area contributed by atoms with Crippen LogP contribution in [0, 0.1) is 6.92 Å². The second-order valence-electron chi connectivity index (χ2n) is 3.77. The molecule has 0 aliphatic rings. The van der Waals surface area contributed by atoms with Crippen molar-refractivity contribution in [3.8, 4) is 5.75 Å². The van der Waals surface area contributed by atoms with Crippen LogP contribution in [-0.2, 0) is 0 Å². The van der Waals surface area contributed by atoms with Gasteiger partial charge in [-0.2, -0.15) is 0 Å². The van der Waals surface area contributed by atoms with Crippen molar-refractivity contribution in [2.75, 3.05) is 12.0 Å². The van der Waals surface area contributed by atoms with Crippen LogP contribution in [0.1, 0.15) is 5.56 Å². The summed E-state index contributed by atoms with van der Waals surface area (Å²) in [5, 5.41) is 3.22. The Labute approximate surface area is 110 Å². The number of nitrogens with one attached hydrogen (secondary N) is 1. The number of halogens is 1. The molecule has 1 N–H and O–H groups in total. The number of hydrogen-bond acceptors (Lipinski definition) is 2. The number of ether oxygens (including phenoxy) is 1. The molecule has 0 amide bonds. The van der Waals surface area contributed by atoms with Crippen LogP contribution in [-0.4, -0.2) is 6.73 Å². The van der Waals surface area contributed by atoms with E-state index in [4.69, 9.17) is 4.74 Å². The van der Waals surface area contributed by atoms with Crippen LogP contribution in [0.15, 0.2) is 53.0 Å². The summed E-state index contributed by atoms with van der Waals surface area (Å²) in [6.45, 7) is 2.52. The quantitative estimate of drug-likeness (QED) is 0.852. The fourth-order valence-corrected chi connectivity index (χ4v) is 1.91. The van der Waals surface area contributed by atoms with Crippen molar-refractivity contribution in [3.63, 3.8) is 0 Å².